The van der Waals surface area contributed by atoms with Crippen molar-refractivity contribution in [1.29, 1.82) is 0 Å². The van der Waals surface area contributed by atoms with Gasteiger partial charge in [-0.25, -0.2) is 4.79 Å². The number of amides is 2. The van der Waals surface area contributed by atoms with Crippen LogP contribution >= 0.6 is 0 Å². The van der Waals surface area contributed by atoms with Gasteiger partial charge in [0, 0.05) is 30.8 Å². The van der Waals surface area contributed by atoms with Crippen molar-refractivity contribution in [2.75, 3.05) is 18.5 Å². The lowest BCUT2D eigenvalue weighted by Crippen LogP contribution is -2.66. The molecule has 1 aliphatic heterocycles. The number of para-hydroxylation sites is 1. The minimum Gasteiger partial charge on any atom is -0.465 e. The van der Waals surface area contributed by atoms with Crippen LogP contribution in [-0.2, 0) is 22.3 Å². The van der Waals surface area contributed by atoms with Gasteiger partial charge in [0.15, 0.2) is 5.54 Å². The van der Waals surface area contributed by atoms with E-state index in [2.05, 4.69) is 10.6 Å². The van der Waals surface area contributed by atoms with Crippen LogP contribution < -0.4 is 10.6 Å². The quantitative estimate of drug-likeness (QED) is 0.542. The van der Waals surface area contributed by atoms with Gasteiger partial charge >= 0.3 is 12.3 Å². The number of benzene rings is 2. The SMILES string of the molecule is CC(C)(C)N(C(=O)O)[C@@]1(C(=O)NCc2ccc(Nc3ccccc3C(F)(F)F)cc2)CCOC1. The number of halogens is 3. The Morgan fingerprint density at radius 1 is 1.09 bits per heavy atom. The molecule has 0 aromatic heterocycles. The minimum absolute atomic E-state index is 0.0378. The summed E-state index contributed by atoms with van der Waals surface area (Å²) in [7, 11) is 0. The van der Waals surface area contributed by atoms with Gasteiger partial charge in [-0.2, -0.15) is 13.2 Å². The number of anilines is 2. The van der Waals surface area contributed by atoms with Gasteiger partial charge in [0.2, 0.25) is 5.91 Å². The van der Waals surface area contributed by atoms with Gasteiger partial charge in [-0.15, -0.1) is 0 Å². The Morgan fingerprint density at radius 2 is 1.74 bits per heavy atom. The average molecular weight is 479 g/mol. The summed E-state index contributed by atoms with van der Waals surface area (Å²) in [5.74, 6) is -0.455. The summed E-state index contributed by atoms with van der Waals surface area (Å²) < 4.78 is 45.0. The van der Waals surface area contributed by atoms with Crippen LogP contribution in [0.4, 0.5) is 29.3 Å². The number of carbonyl (C=O) groups excluding carboxylic acids is 1. The van der Waals surface area contributed by atoms with Crippen molar-refractivity contribution >= 4 is 23.4 Å². The lowest BCUT2D eigenvalue weighted by atomic mass is 9.89. The van der Waals surface area contributed by atoms with E-state index in [1.807, 2.05) is 0 Å². The van der Waals surface area contributed by atoms with Gasteiger partial charge in [0.05, 0.1) is 17.9 Å². The van der Waals surface area contributed by atoms with E-state index in [1.54, 1.807) is 45.0 Å². The van der Waals surface area contributed by atoms with Crippen LogP contribution in [0.2, 0.25) is 0 Å². The highest BCUT2D eigenvalue weighted by Crippen LogP contribution is 2.36. The maximum Gasteiger partial charge on any atom is 0.418 e. The van der Waals surface area contributed by atoms with E-state index in [0.29, 0.717) is 11.3 Å². The van der Waals surface area contributed by atoms with E-state index >= 15 is 0 Å². The van der Waals surface area contributed by atoms with Crippen LogP contribution in [0.15, 0.2) is 48.5 Å². The zero-order valence-corrected chi connectivity index (χ0v) is 19.2. The molecule has 3 N–H and O–H groups in total. The maximum absolute atomic E-state index is 13.2. The second-order valence-electron chi connectivity index (χ2n) is 9.17. The molecule has 10 heteroatoms. The van der Waals surface area contributed by atoms with Crippen molar-refractivity contribution in [1.82, 2.24) is 10.2 Å². The molecule has 2 amide bonds. The summed E-state index contributed by atoms with van der Waals surface area (Å²) in [6.45, 7) is 5.51. The lowest BCUT2D eigenvalue weighted by Gasteiger charge is -2.44. The van der Waals surface area contributed by atoms with Crippen LogP contribution in [-0.4, -0.2) is 46.3 Å². The van der Waals surface area contributed by atoms with Gasteiger partial charge in [-0.3, -0.25) is 9.69 Å². The fourth-order valence-electron chi connectivity index (χ4n) is 4.17. The van der Waals surface area contributed by atoms with E-state index in [1.165, 1.54) is 18.2 Å². The Balaban J connectivity index is 1.71. The number of nitrogens with one attached hydrogen (secondary N) is 2. The molecule has 1 heterocycles. The van der Waals surface area contributed by atoms with E-state index in [9.17, 15) is 27.9 Å². The first-order chi connectivity index (χ1) is 15.8. The molecule has 1 aliphatic rings. The van der Waals surface area contributed by atoms with Crippen LogP contribution in [0.3, 0.4) is 0 Å². The van der Waals surface area contributed by atoms with E-state index in [4.69, 9.17) is 4.74 Å². The lowest BCUT2D eigenvalue weighted by molar-refractivity contribution is -0.137. The zero-order valence-electron chi connectivity index (χ0n) is 19.2. The molecule has 1 fully saturated rings. The molecule has 3 rings (SSSR count). The van der Waals surface area contributed by atoms with Crippen molar-refractivity contribution in [2.24, 2.45) is 0 Å². The smallest absolute Gasteiger partial charge is 0.418 e. The number of rotatable bonds is 6. The molecule has 2 aromatic carbocycles. The molecule has 0 saturated carbocycles. The second-order valence-corrected chi connectivity index (χ2v) is 9.17. The number of nitrogens with zero attached hydrogens (tertiary/aromatic N) is 1. The summed E-state index contributed by atoms with van der Waals surface area (Å²) in [4.78, 5) is 26.3. The van der Waals surface area contributed by atoms with Crippen molar-refractivity contribution in [3.05, 3.63) is 59.7 Å². The Kier molecular flexibility index (Phi) is 7.11. The molecule has 0 aliphatic carbocycles. The largest absolute Gasteiger partial charge is 0.465 e. The van der Waals surface area contributed by atoms with Gasteiger partial charge < -0.3 is 20.5 Å². The van der Waals surface area contributed by atoms with E-state index in [0.717, 1.165) is 11.0 Å². The zero-order chi connectivity index (χ0) is 25.1. The topological polar surface area (TPSA) is 90.9 Å². The average Bonchev–Trinajstić information content (AvgIpc) is 3.21. The molecule has 1 saturated heterocycles. The molecule has 1 atom stereocenters. The summed E-state index contributed by atoms with van der Waals surface area (Å²) in [6.07, 6.45) is -5.45. The molecular weight excluding hydrogens is 451 g/mol. The van der Waals surface area contributed by atoms with Gasteiger partial charge in [0.1, 0.15) is 0 Å². The number of hydrogen-bond acceptors (Lipinski definition) is 4. The summed E-state index contributed by atoms with van der Waals surface area (Å²) in [5.41, 5.74) is -1.83. The summed E-state index contributed by atoms with van der Waals surface area (Å²) >= 11 is 0. The fourth-order valence-corrected chi connectivity index (χ4v) is 4.17. The first-order valence-corrected chi connectivity index (χ1v) is 10.8. The van der Waals surface area contributed by atoms with Crippen molar-refractivity contribution in [3.8, 4) is 0 Å². The third-order valence-electron chi connectivity index (χ3n) is 5.63. The maximum atomic E-state index is 13.2. The fraction of sp³-hybridized carbons (Fsp3) is 0.417. The van der Waals surface area contributed by atoms with Crippen molar-refractivity contribution < 1.29 is 32.6 Å². The van der Waals surface area contributed by atoms with Gasteiger partial charge in [-0.05, 0) is 50.6 Å². The number of carboxylic acid groups (broad SMARTS) is 1. The van der Waals surface area contributed by atoms with Crippen LogP contribution in [0, 0.1) is 0 Å². The Morgan fingerprint density at radius 3 is 2.26 bits per heavy atom. The molecule has 7 nitrogen and oxygen atoms in total. The Hall–Kier alpha value is -3.27. The molecule has 0 spiro atoms. The van der Waals surface area contributed by atoms with Gasteiger partial charge in [-0.1, -0.05) is 24.3 Å². The number of carbonyl (C=O) groups is 2. The van der Waals surface area contributed by atoms with Crippen LogP contribution in [0.5, 0.6) is 0 Å². The Bertz CT molecular complexity index is 1030. The van der Waals surface area contributed by atoms with E-state index in [-0.39, 0.29) is 31.9 Å². The number of alkyl halides is 3. The minimum atomic E-state index is -4.48. The monoisotopic (exact) mass is 479 g/mol. The molecule has 34 heavy (non-hydrogen) atoms. The second kappa shape index (κ2) is 9.54. The normalized spacial score (nSPS) is 18.4. The molecule has 0 radical (unpaired) electrons. The molecular formula is C24H28F3N3O4. The first kappa shape index (κ1) is 25.4. The highest BCUT2D eigenvalue weighted by molar-refractivity contribution is 5.90. The highest BCUT2D eigenvalue weighted by atomic mass is 19.4. The summed E-state index contributed by atoms with van der Waals surface area (Å²) in [5, 5.41) is 15.4. The third kappa shape index (κ3) is 5.44. The van der Waals surface area contributed by atoms with E-state index < -0.39 is 34.8 Å². The predicted molar refractivity (Wildman–Crippen MR) is 121 cm³/mol. The first-order valence-electron chi connectivity index (χ1n) is 10.8. The summed E-state index contributed by atoms with van der Waals surface area (Å²) in [6, 6.07) is 11.8. The Labute approximate surface area is 195 Å². The standard InChI is InChI=1S/C24H28F3N3O4/c1-22(2,3)30(21(32)33)23(12-13-34-15-23)20(31)28-14-16-8-10-17(11-9-16)29-19-7-5-4-6-18(19)24(25,26)27/h4-11,29H,12-15H2,1-3H3,(H,28,31)(H,32,33)/t23-/m0/s1. The molecule has 184 valence electrons. The number of hydrogen-bond donors (Lipinski definition) is 3. The molecule has 0 bridgehead atoms. The predicted octanol–water partition coefficient (Wildman–Crippen LogP) is 5.00. The van der Waals surface area contributed by atoms with Crippen LogP contribution in [0.1, 0.15) is 38.3 Å². The molecule has 0 unspecified atom stereocenters. The van der Waals surface area contributed by atoms with Gasteiger partial charge in [0.25, 0.3) is 0 Å². The van der Waals surface area contributed by atoms with Crippen molar-refractivity contribution in [2.45, 2.75) is 51.0 Å². The van der Waals surface area contributed by atoms with Crippen LogP contribution in [0.25, 0.3) is 0 Å². The number of ether oxygens (including phenoxy) is 1. The van der Waals surface area contributed by atoms with Crippen molar-refractivity contribution in [3.63, 3.8) is 0 Å². The highest BCUT2D eigenvalue weighted by Gasteiger charge is 2.53. The third-order valence-corrected chi connectivity index (χ3v) is 5.63. The molecule has 2 aromatic rings.